The molecular formula is C13H13N3O2. The monoisotopic (exact) mass is 243 g/mol. The molecule has 0 saturated heterocycles. The van der Waals surface area contributed by atoms with Crippen molar-refractivity contribution in [1.82, 2.24) is 9.97 Å². The largest absolute Gasteiger partial charge is 0.478 e. The summed E-state index contributed by atoms with van der Waals surface area (Å²) >= 11 is 0. The fourth-order valence-electron chi connectivity index (χ4n) is 1.57. The number of nitrogens with one attached hydrogen (secondary N) is 2. The van der Waals surface area contributed by atoms with Gasteiger partial charge in [0.05, 0.1) is 11.9 Å². The predicted octanol–water partition coefficient (Wildman–Crippen LogP) is 1.99. The molecule has 5 nitrogen and oxygen atoms in total. The van der Waals surface area contributed by atoms with Crippen LogP contribution in [0.5, 0.6) is 0 Å². The molecule has 1 aromatic heterocycles. The SMILES string of the molecule is O=C(O)C1=Cc2ccccc2NC1.c1c[nH]cn1. The Bertz CT molecular complexity index is 530. The molecule has 3 rings (SSSR count). The molecule has 5 heteroatoms. The molecule has 0 radical (unpaired) electrons. The zero-order valence-corrected chi connectivity index (χ0v) is 9.63. The van der Waals surface area contributed by atoms with Crippen LogP contribution in [-0.4, -0.2) is 27.6 Å². The maximum Gasteiger partial charge on any atom is 0.333 e. The van der Waals surface area contributed by atoms with Crippen LogP contribution in [0.15, 0.2) is 48.6 Å². The minimum Gasteiger partial charge on any atom is -0.478 e. The predicted molar refractivity (Wildman–Crippen MR) is 69.1 cm³/mol. The highest BCUT2D eigenvalue weighted by molar-refractivity contribution is 5.95. The van der Waals surface area contributed by atoms with Gasteiger partial charge in [-0.15, -0.1) is 0 Å². The van der Waals surface area contributed by atoms with Gasteiger partial charge in [0.15, 0.2) is 0 Å². The van der Waals surface area contributed by atoms with E-state index in [1.165, 1.54) is 0 Å². The minimum atomic E-state index is -0.859. The number of carbonyl (C=O) groups is 1. The molecule has 92 valence electrons. The third-order valence-corrected chi connectivity index (χ3v) is 2.44. The van der Waals surface area contributed by atoms with Crippen molar-refractivity contribution in [3.8, 4) is 0 Å². The third-order valence-electron chi connectivity index (χ3n) is 2.44. The van der Waals surface area contributed by atoms with E-state index in [-0.39, 0.29) is 0 Å². The third kappa shape index (κ3) is 2.98. The first-order chi connectivity index (χ1) is 8.77. The Kier molecular flexibility index (Phi) is 3.76. The summed E-state index contributed by atoms with van der Waals surface area (Å²) in [7, 11) is 0. The number of aliphatic carboxylic acids is 1. The van der Waals surface area contributed by atoms with E-state index in [9.17, 15) is 4.79 Å². The molecule has 2 heterocycles. The number of rotatable bonds is 1. The standard InChI is InChI=1S/C10H9NO2.C3H4N2/c12-10(13)8-5-7-3-1-2-4-9(7)11-6-8;1-2-5-3-4-1/h1-5,11H,6H2,(H,12,13);1-3H,(H,4,5). The lowest BCUT2D eigenvalue weighted by Gasteiger charge is -2.15. The van der Waals surface area contributed by atoms with Crippen molar-refractivity contribution in [1.29, 1.82) is 0 Å². The summed E-state index contributed by atoms with van der Waals surface area (Å²) in [6.45, 7) is 0.395. The molecule has 2 aromatic rings. The van der Waals surface area contributed by atoms with Gasteiger partial charge < -0.3 is 15.4 Å². The lowest BCUT2D eigenvalue weighted by Crippen LogP contribution is -2.16. The first kappa shape index (κ1) is 11.9. The van der Waals surface area contributed by atoms with E-state index in [1.807, 2.05) is 24.3 Å². The molecule has 18 heavy (non-hydrogen) atoms. The summed E-state index contributed by atoms with van der Waals surface area (Å²) < 4.78 is 0. The first-order valence-electron chi connectivity index (χ1n) is 5.47. The Morgan fingerprint density at radius 3 is 2.78 bits per heavy atom. The van der Waals surface area contributed by atoms with Gasteiger partial charge in [0.1, 0.15) is 0 Å². The van der Waals surface area contributed by atoms with E-state index in [0.29, 0.717) is 12.1 Å². The number of imidazole rings is 1. The van der Waals surface area contributed by atoms with Crippen LogP contribution >= 0.6 is 0 Å². The lowest BCUT2D eigenvalue weighted by atomic mass is 10.1. The van der Waals surface area contributed by atoms with Crippen LogP contribution < -0.4 is 5.32 Å². The second-order valence-electron chi connectivity index (χ2n) is 3.68. The zero-order valence-electron chi connectivity index (χ0n) is 9.63. The molecular weight excluding hydrogens is 230 g/mol. The van der Waals surface area contributed by atoms with Crippen molar-refractivity contribution in [2.45, 2.75) is 0 Å². The highest BCUT2D eigenvalue weighted by Gasteiger charge is 2.13. The Hall–Kier alpha value is -2.56. The molecule has 0 fully saturated rings. The van der Waals surface area contributed by atoms with Crippen LogP contribution in [0.1, 0.15) is 5.56 Å². The molecule has 1 aliphatic heterocycles. The van der Waals surface area contributed by atoms with Gasteiger partial charge in [-0.3, -0.25) is 0 Å². The van der Waals surface area contributed by atoms with Gasteiger partial charge in [-0.25, -0.2) is 9.78 Å². The van der Waals surface area contributed by atoms with E-state index in [0.717, 1.165) is 11.3 Å². The average Bonchev–Trinajstić information content (AvgIpc) is 2.97. The Balaban J connectivity index is 0.000000202. The number of hydrogen-bond donors (Lipinski definition) is 3. The van der Waals surface area contributed by atoms with Crippen molar-refractivity contribution in [3.05, 3.63) is 54.1 Å². The quantitative estimate of drug-likeness (QED) is 0.715. The summed E-state index contributed by atoms with van der Waals surface area (Å²) in [5.41, 5.74) is 2.33. The van der Waals surface area contributed by atoms with Gasteiger partial charge in [-0.05, 0) is 17.7 Å². The van der Waals surface area contributed by atoms with Gasteiger partial charge in [0.2, 0.25) is 0 Å². The average molecular weight is 243 g/mol. The Morgan fingerprint density at radius 2 is 2.17 bits per heavy atom. The van der Waals surface area contributed by atoms with E-state index in [4.69, 9.17) is 5.11 Å². The van der Waals surface area contributed by atoms with Gasteiger partial charge in [0.25, 0.3) is 0 Å². The number of hydrogen-bond acceptors (Lipinski definition) is 3. The topological polar surface area (TPSA) is 78.0 Å². The van der Waals surface area contributed by atoms with Crippen molar-refractivity contribution < 1.29 is 9.90 Å². The van der Waals surface area contributed by atoms with Crippen LogP contribution in [0.2, 0.25) is 0 Å². The number of benzene rings is 1. The van der Waals surface area contributed by atoms with E-state index < -0.39 is 5.97 Å². The van der Waals surface area contributed by atoms with Crippen molar-refractivity contribution in [2.75, 3.05) is 11.9 Å². The molecule has 1 aliphatic rings. The highest BCUT2D eigenvalue weighted by Crippen LogP contribution is 2.22. The summed E-state index contributed by atoms with van der Waals surface area (Å²) in [5.74, 6) is -0.859. The Morgan fingerprint density at radius 1 is 1.33 bits per heavy atom. The van der Waals surface area contributed by atoms with Crippen LogP contribution in [0.3, 0.4) is 0 Å². The van der Waals surface area contributed by atoms with Crippen molar-refractivity contribution >= 4 is 17.7 Å². The zero-order chi connectivity index (χ0) is 12.8. The number of fused-ring (bicyclic) bond motifs is 1. The van der Waals surface area contributed by atoms with Gasteiger partial charge in [-0.1, -0.05) is 18.2 Å². The number of aromatic nitrogens is 2. The number of aromatic amines is 1. The van der Waals surface area contributed by atoms with Crippen LogP contribution in [0.25, 0.3) is 6.08 Å². The molecule has 3 N–H and O–H groups in total. The lowest BCUT2D eigenvalue weighted by molar-refractivity contribution is -0.132. The number of carboxylic acids is 1. The Labute approximate surface area is 104 Å². The van der Waals surface area contributed by atoms with E-state index in [2.05, 4.69) is 15.3 Å². The smallest absolute Gasteiger partial charge is 0.333 e. The van der Waals surface area contributed by atoms with Crippen LogP contribution in [-0.2, 0) is 4.79 Å². The summed E-state index contributed by atoms with van der Waals surface area (Å²) in [5, 5.41) is 11.8. The van der Waals surface area contributed by atoms with Gasteiger partial charge in [0, 0.05) is 24.6 Å². The van der Waals surface area contributed by atoms with Gasteiger partial charge in [-0.2, -0.15) is 0 Å². The molecule has 0 aliphatic carbocycles. The maximum atomic E-state index is 10.7. The normalized spacial score (nSPS) is 12.3. The van der Waals surface area contributed by atoms with E-state index >= 15 is 0 Å². The van der Waals surface area contributed by atoms with Crippen molar-refractivity contribution in [3.63, 3.8) is 0 Å². The second-order valence-corrected chi connectivity index (χ2v) is 3.68. The molecule has 0 spiro atoms. The number of anilines is 1. The van der Waals surface area contributed by atoms with Gasteiger partial charge >= 0.3 is 5.97 Å². The summed E-state index contributed by atoms with van der Waals surface area (Å²) in [4.78, 5) is 17.1. The van der Waals surface area contributed by atoms with E-state index in [1.54, 1.807) is 24.8 Å². The fraction of sp³-hybridized carbons (Fsp3) is 0.0769. The number of nitrogens with zero attached hydrogens (tertiary/aromatic N) is 1. The van der Waals surface area contributed by atoms with Crippen LogP contribution in [0, 0.1) is 0 Å². The van der Waals surface area contributed by atoms with Crippen molar-refractivity contribution in [2.24, 2.45) is 0 Å². The highest BCUT2D eigenvalue weighted by atomic mass is 16.4. The molecule has 0 amide bonds. The fourth-order valence-corrected chi connectivity index (χ4v) is 1.57. The number of H-pyrrole nitrogens is 1. The summed E-state index contributed by atoms with van der Waals surface area (Å²) in [6, 6.07) is 7.64. The molecule has 0 saturated carbocycles. The summed E-state index contributed by atoms with van der Waals surface area (Å²) in [6.07, 6.45) is 6.79. The molecule has 1 aromatic carbocycles. The number of para-hydroxylation sites is 1. The number of carboxylic acid groups (broad SMARTS) is 1. The molecule has 0 atom stereocenters. The molecule has 0 unspecified atom stereocenters. The van der Waals surface area contributed by atoms with Crippen LogP contribution in [0.4, 0.5) is 5.69 Å². The molecule has 0 bridgehead atoms. The maximum absolute atomic E-state index is 10.7. The minimum absolute atomic E-state index is 0.395. The second kappa shape index (κ2) is 5.67. The first-order valence-corrected chi connectivity index (χ1v) is 5.47.